The summed E-state index contributed by atoms with van der Waals surface area (Å²) in [6, 6.07) is 0. The van der Waals surface area contributed by atoms with Gasteiger partial charge < -0.3 is 14.6 Å². The fourth-order valence-corrected chi connectivity index (χ4v) is 1.60. The van der Waals surface area contributed by atoms with E-state index in [1.807, 2.05) is 13.8 Å². The van der Waals surface area contributed by atoms with Crippen LogP contribution in [0, 0.1) is 11.8 Å². The van der Waals surface area contributed by atoms with Crippen molar-refractivity contribution >= 4 is 0 Å². The molecule has 0 aromatic heterocycles. The van der Waals surface area contributed by atoms with Crippen molar-refractivity contribution in [1.82, 2.24) is 0 Å². The second-order valence-electron chi connectivity index (χ2n) is 3.65. The van der Waals surface area contributed by atoms with E-state index < -0.39 is 12.4 Å². The Kier molecular flexibility index (Phi) is 3.09. The zero-order chi connectivity index (χ0) is 9.30. The minimum Gasteiger partial charge on any atom is -0.388 e. The average Bonchev–Trinajstić information content (AvgIpc) is 2.08. The van der Waals surface area contributed by atoms with Crippen LogP contribution in [0.1, 0.15) is 20.8 Å². The van der Waals surface area contributed by atoms with Gasteiger partial charge in [0.1, 0.15) is 6.10 Å². The van der Waals surface area contributed by atoms with Gasteiger partial charge >= 0.3 is 0 Å². The molecule has 1 fully saturated rings. The predicted molar refractivity (Wildman–Crippen MR) is 45.7 cm³/mol. The van der Waals surface area contributed by atoms with Crippen molar-refractivity contribution in [2.75, 3.05) is 7.11 Å². The second-order valence-corrected chi connectivity index (χ2v) is 3.65. The summed E-state index contributed by atoms with van der Waals surface area (Å²) in [5, 5.41) is 9.68. The van der Waals surface area contributed by atoms with Gasteiger partial charge in [0.2, 0.25) is 0 Å². The van der Waals surface area contributed by atoms with Crippen molar-refractivity contribution < 1.29 is 14.6 Å². The van der Waals surface area contributed by atoms with Crippen LogP contribution in [0.25, 0.3) is 0 Å². The summed E-state index contributed by atoms with van der Waals surface area (Å²) in [6.45, 7) is 6.13. The summed E-state index contributed by atoms with van der Waals surface area (Å²) in [6.07, 6.45) is -0.791. The number of hydrogen-bond acceptors (Lipinski definition) is 3. The number of aliphatic hydroxyl groups is 1. The zero-order valence-electron chi connectivity index (χ0n) is 8.15. The maximum atomic E-state index is 9.68. The van der Waals surface area contributed by atoms with Crippen LogP contribution in [0.5, 0.6) is 0 Å². The van der Waals surface area contributed by atoms with E-state index >= 15 is 0 Å². The van der Waals surface area contributed by atoms with Crippen LogP contribution in [-0.2, 0) is 9.47 Å². The summed E-state index contributed by atoms with van der Waals surface area (Å²) in [5.41, 5.74) is 0. The first-order valence-corrected chi connectivity index (χ1v) is 4.44. The van der Waals surface area contributed by atoms with Gasteiger partial charge in [0, 0.05) is 7.11 Å². The fourth-order valence-electron chi connectivity index (χ4n) is 1.60. The second kappa shape index (κ2) is 3.73. The van der Waals surface area contributed by atoms with Crippen molar-refractivity contribution in [1.29, 1.82) is 0 Å². The number of aliphatic hydroxyl groups excluding tert-OH is 1. The molecule has 0 radical (unpaired) electrons. The van der Waals surface area contributed by atoms with Gasteiger partial charge in [-0.05, 0) is 18.8 Å². The minimum atomic E-state index is -0.499. The molecule has 5 atom stereocenters. The van der Waals surface area contributed by atoms with Crippen molar-refractivity contribution in [3.05, 3.63) is 0 Å². The molecule has 1 N–H and O–H groups in total. The molecule has 0 aliphatic carbocycles. The SMILES string of the molecule is COC1OC(C)C(C)C(C)C1O. The molecule has 72 valence electrons. The Balaban J connectivity index is 2.63. The Morgan fingerprint density at radius 2 is 1.75 bits per heavy atom. The fraction of sp³-hybridized carbons (Fsp3) is 1.00. The topological polar surface area (TPSA) is 38.7 Å². The highest BCUT2D eigenvalue weighted by Crippen LogP contribution is 2.30. The molecule has 0 aromatic carbocycles. The van der Waals surface area contributed by atoms with E-state index in [4.69, 9.17) is 9.47 Å². The lowest BCUT2D eigenvalue weighted by molar-refractivity contribution is -0.256. The normalized spacial score (nSPS) is 49.2. The molecule has 1 rings (SSSR count). The third kappa shape index (κ3) is 1.63. The molecule has 3 heteroatoms. The highest BCUT2D eigenvalue weighted by atomic mass is 16.7. The molecule has 1 aliphatic heterocycles. The molecular weight excluding hydrogens is 156 g/mol. The van der Waals surface area contributed by atoms with E-state index in [-0.39, 0.29) is 12.0 Å². The minimum absolute atomic E-state index is 0.161. The Morgan fingerprint density at radius 1 is 1.17 bits per heavy atom. The van der Waals surface area contributed by atoms with Gasteiger partial charge in [0.25, 0.3) is 0 Å². The van der Waals surface area contributed by atoms with Crippen molar-refractivity contribution in [3.8, 4) is 0 Å². The van der Waals surface area contributed by atoms with Gasteiger partial charge in [-0.2, -0.15) is 0 Å². The van der Waals surface area contributed by atoms with Gasteiger partial charge in [0.05, 0.1) is 6.10 Å². The maximum absolute atomic E-state index is 9.68. The average molecular weight is 174 g/mol. The monoisotopic (exact) mass is 174 g/mol. The Morgan fingerprint density at radius 3 is 2.25 bits per heavy atom. The van der Waals surface area contributed by atoms with E-state index in [1.165, 1.54) is 0 Å². The largest absolute Gasteiger partial charge is 0.388 e. The lowest BCUT2D eigenvalue weighted by Crippen LogP contribution is -2.48. The molecule has 0 spiro atoms. The van der Waals surface area contributed by atoms with E-state index in [1.54, 1.807) is 7.11 Å². The Labute approximate surface area is 73.7 Å². The smallest absolute Gasteiger partial charge is 0.183 e. The number of rotatable bonds is 1. The van der Waals surface area contributed by atoms with E-state index in [2.05, 4.69) is 6.92 Å². The van der Waals surface area contributed by atoms with E-state index in [9.17, 15) is 5.11 Å². The first kappa shape index (κ1) is 9.96. The molecule has 0 bridgehead atoms. The summed E-state index contributed by atoms with van der Waals surface area (Å²) < 4.78 is 10.5. The van der Waals surface area contributed by atoms with Crippen LogP contribution < -0.4 is 0 Å². The third-order valence-electron chi connectivity index (χ3n) is 2.97. The molecule has 1 heterocycles. The van der Waals surface area contributed by atoms with Crippen LogP contribution in [0.2, 0.25) is 0 Å². The molecule has 0 saturated carbocycles. The molecule has 0 amide bonds. The van der Waals surface area contributed by atoms with Crippen LogP contribution in [0.15, 0.2) is 0 Å². The van der Waals surface area contributed by atoms with Gasteiger partial charge in [0.15, 0.2) is 6.29 Å². The zero-order valence-corrected chi connectivity index (χ0v) is 8.15. The van der Waals surface area contributed by atoms with E-state index in [0.29, 0.717) is 5.92 Å². The molecule has 12 heavy (non-hydrogen) atoms. The number of hydrogen-bond donors (Lipinski definition) is 1. The molecule has 1 aliphatic rings. The number of methoxy groups -OCH3 is 1. The first-order chi connectivity index (χ1) is 5.57. The van der Waals surface area contributed by atoms with Crippen LogP contribution in [0.4, 0.5) is 0 Å². The highest BCUT2D eigenvalue weighted by molar-refractivity contribution is 4.82. The van der Waals surface area contributed by atoms with Crippen LogP contribution in [0.3, 0.4) is 0 Å². The highest BCUT2D eigenvalue weighted by Gasteiger charge is 2.38. The quantitative estimate of drug-likeness (QED) is 0.644. The summed E-state index contributed by atoms with van der Waals surface area (Å²) in [7, 11) is 1.56. The van der Waals surface area contributed by atoms with E-state index in [0.717, 1.165) is 0 Å². The molecule has 0 aromatic rings. The summed E-state index contributed by atoms with van der Waals surface area (Å²) in [5.74, 6) is 0.616. The van der Waals surface area contributed by atoms with Crippen LogP contribution >= 0.6 is 0 Å². The van der Waals surface area contributed by atoms with Gasteiger partial charge in [-0.1, -0.05) is 13.8 Å². The maximum Gasteiger partial charge on any atom is 0.183 e. The van der Waals surface area contributed by atoms with Gasteiger partial charge in [-0.3, -0.25) is 0 Å². The lowest BCUT2D eigenvalue weighted by atomic mass is 9.84. The predicted octanol–water partition coefficient (Wildman–Crippen LogP) is 1.01. The summed E-state index contributed by atoms with van der Waals surface area (Å²) in [4.78, 5) is 0. The summed E-state index contributed by atoms with van der Waals surface area (Å²) >= 11 is 0. The van der Waals surface area contributed by atoms with Crippen molar-refractivity contribution in [2.45, 2.75) is 39.3 Å². The molecule has 5 unspecified atom stereocenters. The molecular formula is C9H18O3. The first-order valence-electron chi connectivity index (χ1n) is 4.44. The van der Waals surface area contributed by atoms with Gasteiger partial charge in [-0.25, -0.2) is 0 Å². The van der Waals surface area contributed by atoms with Crippen LogP contribution in [-0.4, -0.2) is 30.7 Å². The molecule has 3 nitrogen and oxygen atoms in total. The molecule has 1 saturated heterocycles. The number of ether oxygens (including phenoxy) is 2. The third-order valence-corrected chi connectivity index (χ3v) is 2.97. The van der Waals surface area contributed by atoms with Gasteiger partial charge in [-0.15, -0.1) is 0 Å². The van der Waals surface area contributed by atoms with Crippen molar-refractivity contribution in [3.63, 3.8) is 0 Å². The Hall–Kier alpha value is -0.120. The van der Waals surface area contributed by atoms with Crippen molar-refractivity contribution in [2.24, 2.45) is 11.8 Å². The standard InChI is InChI=1S/C9H18O3/c1-5-6(2)8(10)9(11-4)12-7(5)3/h5-10H,1-4H3. The Bertz CT molecular complexity index is 144. The lowest BCUT2D eigenvalue weighted by Gasteiger charge is -2.40.